The van der Waals surface area contributed by atoms with E-state index >= 15 is 4.39 Å². The summed E-state index contributed by atoms with van der Waals surface area (Å²) >= 11 is 2.02. The number of aromatic nitrogens is 4. The minimum atomic E-state index is -0.536. The molecule has 6 heterocycles. The van der Waals surface area contributed by atoms with Crippen LogP contribution in [-0.2, 0) is 21.4 Å². The van der Waals surface area contributed by atoms with Gasteiger partial charge in [0, 0.05) is 98.8 Å². The van der Waals surface area contributed by atoms with Crippen molar-refractivity contribution in [3.63, 3.8) is 0 Å². The van der Waals surface area contributed by atoms with Gasteiger partial charge in [-0.05, 0) is 153 Å². The van der Waals surface area contributed by atoms with Crippen molar-refractivity contribution in [1.29, 1.82) is 0 Å². The SMILES string of the molecule is Cc1c(=O)n(C)c(Nc2ccc(I)cc2F)c2c(=O)n(C3CC3)c(=O)n(-c3cccc(NCC4CCC(C(=O)N5CCN(CC6CCN(c7cc(C8CCC(=O)NC8=O)ccn7)CC6)CC5)CC4)c3)c12. The number of rotatable bonds is 12. The van der Waals surface area contributed by atoms with Crippen LogP contribution in [0, 0.1) is 34.1 Å². The maximum absolute atomic E-state index is 15.2. The number of anilines is 4. The van der Waals surface area contributed by atoms with Crippen molar-refractivity contribution >= 4 is 74.2 Å². The molecule has 3 aromatic heterocycles. The summed E-state index contributed by atoms with van der Waals surface area (Å²) in [6, 6.07) is 15.7. The van der Waals surface area contributed by atoms with E-state index in [1.807, 2.05) is 52.9 Å². The van der Waals surface area contributed by atoms with Gasteiger partial charge in [-0.2, -0.15) is 0 Å². The molecule has 5 fully saturated rings. The van der Waals surface area contributed by atoms with Crippen LogP contribution in [0.15, 0.2) is 75.2 Å². The molecule has 5 aromatic rings. The molecule has 1 atom stereocenters. The van der Waals surface area contributed by atoms with Gasteiger partial charge in [-0.3, -0.25) is 47.9 Å². The highest BCUT2D eigenvalue weighted by Crippen LogP contribution is 2.36. The van der Waals surface area contributed by atoms with Crippen LogP contribution >= 0.6 is 22.6 Å². The molecule has 1 unspecified atom stereocenters. The summed E-state index contributed by atoms with van der Waals surface area (Å²) in [5, 5.41) is 9.22. The van der Waals surface area contributed by atoms with Gasteiger partial charge in [0.1, 0.15) is 22.8 Å². The van der Waals surface area contributed by atoms with E-state index in [4.69, 9.17) is 0 Å². The van der Waals surface area contributed by atoms with Gasteiger partial charge in [0.2, 0.25) is 17.7 Å². The summed E-state index contributed by atoms with van der Waals surface area (Å²) in [5.74, 6) is 0.937. The molecule has 3 amide bonds. The fourth-order valence-corrected chi connectivity index (χ4v) is 11.6. The topological polar surface area (TPSA) is 176 Å². The molecule has 2 aliphatic carbocycles. The molecular weight excluding hydrogens is 1010 g/mol. The van der Waals surface area contributed by atoms with Crippen molar-refractivity contribution in [3.8, 4) is 5.69 Å². The highest BCUT2D eigenvalue weighted by atomic mass is 127. The third-order valence-corrected chi connectivity index (χ3v) is 16.1. The fraction of sp³-hybridized carbons (Fsp3) is 0.481. The van der Waals surface area contributed by atoms with E-state index in [2.05, 4.69) is 35.6 Å². The Morgan fingerprint density at radius 3 is 2.31 bits per heavy atom. The molecule has 3 saturated heterocycles. The highest BCUT2D eigenvalue weighted by molar-refractivity contribution is 14.1. The molecule has 0 bridgehead atoms. The molecule has 0 radical (unpaired) electrons. The predicted octanol–water partition coefficient (Wildman–Crippen LogP) is 6.18. The number of carbonyl (C=O) groups excluding carboxylic acids is 3. The quantitative estimate of drug-likeness (QED) is 0.0962. The number of aryl methyl sites for hydroxylation is 1. The van der Waals surface area contributed by atoms with Crippen LogP contribution in [0.3, 0.4) is 0 Å². The van der Waals surface area contributed by atoms with Crippen molar-refractivity contribution in [2.24, 2.45) is 24.8 Å². The Morgan fingerprint density at radius 2 is 1.60 bits per heavy atom. The zero-order chi connectivity index (χ0) is 48.8. The van der Waals surface area contributed by atoms with Crippen LogP contribution < -0.4 is 37.7 Å². The van der Waals surface area contributed by atoms with Crippen molar-refractivity contribution in [1.82, 2.24) is 33.8 Å². The minimum Gasteiger partial charge on any atom is -0.385 e. The summed E-state index contributed by atoms with van der Waals surface area (Å²) in [4.78, 5) is 91.9. The predicted molar refractivity (Wildman–Crippen MR) is 276 cm³/mol. The molecule has 10 rings (SSSR count). The van der Waals surface area contributed by atoms with E-state index in [0.717, 1.165) is 101 Å². The van der Waals surface area contributed by atoms with E-state index in [9.17, 15) is 28.8 Å². The van der Waals surface area contributed by atoms with Crippen molar-refractivity contribution in [2.45, 2.75) is 83.1 Å². The summed E-state index contributed by atoms with van der Waals surface area (Å²) in [6.45, 7) is 8.39. The number of halogens is 2. The number of nitrogens with one attached hydrogen (secondary N) is 3. The van der Waals surface area contributed by atoms with E-state index in [-0.39, 0.29) is 63.6 Å². The maximum Gasteiger partial charge on any atom is 0.336 e. The Hall–Kier alpha value is -5.89. The van der Waals surface area contributed by atoms with Crippen LogP contribution in [0.4, 0.5) is 27.4 Å². The standard InChI is InChI=1S/C52H60FIN10O6/c1-31-46-45(47(59(2)49(31)67)57-42-14-10-36(54)27-41(42)53)51(69)64(38-11-12-38)52(70)63(46)39-5-3-4-37(28-39)56-29-32-6-8-34(9-7-32)50(68)62-24-22-60(23-25-62)30-33-17-20-61(21-18-33)43-26-35(16-19-55-43)40-13-15-44(65)58-48(40)66/h3-5,10,14,16,19,26-28,32-34,38,40,56-57H,6-9,11-13,15,17-18,20-25,29-30H2,1-2H3,(H,58,65,66). The highest BCUT2D eigenvalue weighted by Gasteiger charge is 2.35. The average Bonchev–Trinajstić information content (AvgIpc) is 4.21. The molecular formula is C52H60FIN10O6. The van der Waals surface area contributed by atoms with Crippen LogP contribution in [0.2, 0.25) is 0 Å². The van der Waals surface area contributed by atoms with Crippen molar-refractivity contribution < 1.29 is 18.8 Å². The number of carbonyl (C=O) groups is 3. The molecule has 0 spiro atoms. The lowest BCUT2D eigenvalue weighted by atomic mass is 9.81. The number of pyridine rings is 2. The number of piperidine rings is 2. The number of imide groups is 1. The molecule has 2 aromatic carbocycles. The fourth-order valence-electron chi connectivity index (χ4n) is 11.2. The zero-order valence-corrected chi connectivity index (χ0v) is 41.9. The van der Waals surface area contributed by atoms with Crippen LogP contribution in [0.1, 0.15) is 87.3 Å². The first-order valence-electron chi connectivity index (χ1n) is 24.8. The monoisotopic (exact) mass is 1070 g/mol. The van der Waals surface area contributed by atoms with Gasteiger partial charge in [0.15, 0.2) is 0 Å². The summed E-state index contributed by atoms with van der Waals surface area (Å²) in [6.07, 6.45) is 9.66. The lowest BCUT2D eigenvalue weighted by Gasteiger charge is -2.40. The number of benzene rings is 2. The van der Waals surface area contributed by atoms with E-state index in [0.29, 0.717) is 53.3 Å². The molecule has 3 N–H and O–H groups in total. The van der Waals surface area contributed by atoms with Crippen LogP contribution in [-0.4, -0.2) is 98.6 Å². The second-order valence-electron chi connectivity index (χ2n) is 20.0. The van der Waals surface area contributed by atoms with Crippen molar-refractivity contribution in [2.75, 3.05) is 67.9 Å². The number of hydrogen-bond donors (Lipinski definition) is 3. The Morgan fingerprint density at radius 1 is 0.843 bits per heavy atom. The number of amides is 3. The Bertz CT molecular complexity index is 3040. The van der Waals surface area contributed by atoms with Gasteiger partial charge in [-0.15, -0.1) is 0 Å². The Labute approximate surface area is 418 Å². The summed E-state index contributed by atoms with van der Waals surface area (Å²) in [7, 11) is 1.54. The zero-order valence-electron chi connectivity index (χ0n) is 39.7. The van der Waals surface area contributed by atoms with E-state index in [1.165, 1.54) is 26.8 Å². The maximum atomic E-state index is 15.2. The second kappa shape index (κ2) is 20.1. The summed E-state index contributed by atoms with van der Waals surface area (Å²) < 4.78 is 19.9. The number of hydrogen-bond acceptors (Lipinski definition) is 11. The molecule has 2 saturated carbocycles. The van der Waals surface area contributed by atoms with Gasteiger partial charge < -0.3 is 20.4 Å². The Balaban J connectivity index is 0.729. The molecule has 18 heteroatoms. The number of piperazine rings is 1. The smallest absolute Gasteiger partial charge is 0.336 e. The molecule has 3 aliphatic heterocycles. The lowest BCUT2D eigenvalue weighted by molar-refractivity contribution is -0.139. The summed E-state index contributed by atoms with van der Waals surface area (Å²) in [5.41, 5.74) is 1.27. The first-order chi connectivity index (χ1) is 33.8. The van der Waals surface area contributed by atoms with Crippen LogP contribution in [0.25, 0.3) is 16.6 Å². The first-order valence-corrected chi connectivity index (χ1v) is 25.9. The molecule has 16 nitrogen and oxygen atoms in total. The molecule has 70 heavy (non-hydrogen) atoms. The van der Waals surface area contributed by atoms with Gasteiger partial charge in [-0.25, -0.2) is 14.2 Å². The van der Waals surface area contributed by atoms with Gasteiger partial charge >= 0.3 is 5.69 Å². The molecule has 368 valence electrons. The first kappa shape index (κ1) is 47.8. The minimum absolute atomic E-state index is 0.0253. The normalized spacial score (nSPS) is 21.5. The third-order valence-electron chi connectivity index (χ3n) is 15.4. The second-order valence-corrected chi connectivity index (χ2v) is 21.2. The van der Waals surface area contributed by atoms with Crippen molar-refractivity contribution in [3.05, 3.63) is 113 Å². The van der Waals surface area contributed by atoms with Crippen LogP contribution in [0.5, 0.6) is 0 Å². The van der Waals surface area contributed by atoms with E-state index < -0.39 is 22.6 Å². The average molecular weight is 1070 g/mol. The number of nitrogens with zero attached hydrogens (tertiary/aromatic N) is 7. The number of fused-ring (bicyclic) bond motifs is 1. The van der Waals surface area contributed by atoms with E-state index in [1.54, 1.807) is 31.3 Å². The van der Waals surface area contributed by atoms with Gasteiger partial charge in [-0.1, -0.05) is 6.07 Å². The largest absolute Gasteiger partial charge is 0.385 e. The molecule has 5 aliphatic rings. The lowest BCUT2D eigenvalue weighted by Crippen LogP contribution is -2.52. The third kappa shape index (κ3) is 9.77. The van der Waals surface area contributed by atoms with Gasteiger partial charge in [0.25, 0.3) is 11.1 Å². The van der Waals surface area contributed by atoms with Gasteiger partial charge in [0.05, 0.1) is 22.8 Å². The Kier molecular flexibility index (Phi) is 13.7.